The lowest BCUT2D eigenvalue weighted by atomic mass is 10.1. The summed E-state index contributed by atoms with van der Waals surface area (Å²) in [4.78, 5) is 21.9. The lowest BCUT2D eigenvalue weighted by Crippen LogP contribution is -2.46. The van der Waals surface area contributed by atoms with E-state index in [0.717, 1.165) is 18.5 Å². The summed E-state index contributed by atoms with van der Waals surface area (Å²) in [6, 6.07) is 8.48. The molecule has 3 rings (SSSR count). The van der Waals surface area contributed by atoms with Crippen molar-refractivity contribution in [2.75, 3.05) is 27.2 Å². The van der Waals surface area contributed by atoms with Crippen LogP contribution in [0.3, 0.4) is 0 Å². The van der Waals surface area contributed by atoms with E-state index in [1.54, 1.807) is 30.5 Å². The Morgan fingerprint density at radius 1 is 1.33 bits per heavy atom. The molecule has 0 atom stereocenters. The zero-order chi connectivity index (χ0) is 18.5. The summed E-state index contributed by atoms with van der Waals surface area (Å²) in [6.07, 6.45) is 0.929. The molecule has 2 aromatic rings. The number of aliphatic imine (C=N–C) groups is 1. The van der Waals surface area contributed by atoms with Crippen molar-refractivity contribution < 1.29 is 9.18 Å². The Bertz CT molecular complexity index is 793. The quantitative estimate of drug-likeness (QED) is 0.397. The Hall–Kier alpha value is -1.68. The van der Waals surface area contributed by atoms with Crippen LogP contribution in [0.4, 0.5) is 4.39 Å². The number of carbonyl (C=O) groups is 1. The standard InChI is InChI=1S/C19H23FN4OS.HI/c1-21-19(23(2)12-14-3-5-16(20)6-4-14)22-11-18(25)24-9-7-17-15(13-24)8-10-26-17;/h3-6,8,10H,7,9,11-13H2,1-2H3,(H,21,22);1H. The number of guanidine groups is 1. The highest BCUT2D eigenvalue weighted by molar-refractivity contribution is 14.0. The van der Waals surface area contributed by atoms with Crippen molar-refractivity contribution in [1.82, 2.24) is 15.1 Å². The third-order valence-electron chi connectivity index (χ3n) is 4.46. The van der Waals surface area contributed by atoms with Crippen molar-refractivity contribution in [2.45, 2.75) is 19.5 Å². The predicted molar refractivity (Wildman–Crippen MR) is 118 cm³/mol. The second-order valence-electron chi connectivity index (χ2n) is 6.32. The summed E-state index contributed by atoms with van der Waals surface area (Å²) >= 11 is 1.76. The maximum Gasteiger partial charge on any atom is 0.242 e. The fraction of sp³-hybridized carbons (Fsp3) is 0.368. The minimum Gasteiger partial charge on any atom is -0.347 e. The summed E-state index contributed by atoms with van der Waals surface area (Å²) in [5, 5.41) is 5.22. The van der Waals surface area contributed by atoms with Gasteiger partial charge in [-0.15, -0.1) is 35.3 Å². The van der Waals surface area contributed by atoms with Crippen LogP contribution in [-0.4, -0.2) is 48.9 Å². The van der Waals surface area contributed by atoms with E-state index in [1.807, 2.05) is 16.8 Å². The van der Waals surface area contributed by atoms with Crippen LogP contribution in [-0.2, 0) is 24.3 Å². The number of amides is 1. The minimum absolute atomic E-state index is 0. The lowest BCUT2D eigenvalue weighted by Gasteiger charge is -2.28. The summed E-state index contributed by atoms with van der Waals surface area (Å²) in [6.45, 7) is 2.23. The van der Waals surface area contributed by atoms with Gasteiger partial charge < -0.3 is 15.1 Å². The largest absolute Gasteiger partial charge is 0.347 e. The predicted octanol–water partition coefficient (Wildman–Crippen LogP) is 3.10. The Morgan fingerprint density at radius 3 is 2.78 bits per heavy atom. The zero-order valence-electron chi connectivity index (χ0n) is 15.4. The minimum atomic E-state index is -0.250. The molecule has 1 aliphatic rings. The maximum atomic E-state index is 13.0. The molecule has 1 amide bonds. The fourth-order valence-electron chi connectivity index (χ4n) is 3.05. The molecule has 1 N–H and O–H groups in total. The highest BCUT2D eigenvalue weighted by atomic mass is 127. The molecule has 1 aliphatic heterocycles. The van der Waals surface area contributed by atoms with Crippen molar-refractivity contribution in [3.8, 4) is 0 Å². The number of halogens is 2. The van der Waals surface area contributed by atoms with Crippen LogP contribution in [0.2, 0.25) is 0 Å². The smallest absolute Gasteiger partial charge is 0.242 e. The van der Waals surface area contributed by atoms with Gasteiger partial charge in [-0.3, -0.25) is 9.79 Å². The number of hydrogen-bond donors (Lipinski definition) is 1. The molecule has 146 valence electrons. The molecule has 5 nitrogen and oxygen atoms in total. The monoisotopic (exact) mass is 502 g/mol. The molecule has 0 radical (unpaired) electrons. The average molecular weight is 502 g/mol. The van der Waals surface area contributed by atoms with Crippen molar-refractivity contribution in [3.05, 3.63) is 57.5 Å². The van der Waals surface area contributed by atoms with Gasteiger partial charge in [0.1, 0.15) is 5.82 Å². The van der Waals surface area contributed by atoms with Crippen molar-refractivity contribution in [1.29, 1.82) is 0 Å². The normalized spacial score (nSPS) is 13.6. The molecule has 0 unspecified atom stereocenters. The first-order chi connectivity index (χ1) is 12.6. The van der Waals surface area contributed by atoms with E-state index >= 15 is 0 Å². The molecular formula is C19H24FIN4OS. The number of hydrogen-bond acceptors (Lipinski definition) is 3. The molecule has 0 aliphatic carbocycles. The zero-order valence-corrected chi connectivity index (χ0v) is 18.6. The van der Waals surface area contributed by atoms with E-state index in [2.05, 4.69) is 21.8 Å². The fourth-order valence-corrected chi connectivity index (χ4v) is 3.94. The van der Waals surface area contributed by atoms with Crippen LogP contribution >= 0.6 is 35.3 Å². The van der Waals surface area contributed by atoms with E-state index in [4.69, 9.17) is 0 Å². The lowest BCUT2D eigenvalue weighted by molar-refractivity contribution is -0.130. The summed E-state index contributed by atoms with van der Waals surface area (Å²) in [7, 11) is 3.58. The Labute approximate surface area is 180 Å². The van der Waals surface area contributed by atoms with Crippen molar-refractivity contribution >= 4 is 47.2 Å². The van der Waals surface area contributed by atoms with E-state index in [-0.39, 0.29) is 42.2 Å². The molecule has 0 saturated heterocycles. The molecule has 27 heavy (non-hydrogen) atoms. The number of thiophene rings is 1. The van der Waals surface area contributed by atoms with Gasteiger partial charge in [-0.1, -0.05) is 12.1 Å². The number of benzene rings is 1. The van der Waals surface area contributed by atoms with Crippen molar-refractivity contribution in [2.24, 2.45) is 4.99 Å². The molecule has 0 fully saturated rings. The van der Waals surface area contributed by atoms with Gasteiger partial charge in [-0.2, -0.15) is 0 Å². The Balaban J connectivity index is 0.00000261. The molecular weight excluding hydrogens is 478 g/mol. The maximum absolute atomic E-state index is 13.0. The third-order valence-corrected chi connectivity index (χ3v) is 5.49. The molecule has 8 heteroatoms. The Morgan fingerprint density at radius 2 is 2.07 bits per heavy atom. The number of fused-ring (bicyclic) bond motifs is 1. The van der Waals surface area contributed by atoms with E-state index in [1.165, 1.54) is 22.6 Å². The molecule has 0 spiro atoms. The second-order valence-corrected chi connectivity index (χ2v) is 7.32. The van der Waals surface area contributed by atoms with Gasteiger partial charge >= 0.3 is 0 Å². The first-order valence-electron chi connectivity index (χ1n) is 8.56. The highest BCUT2D eigenvalue weighted by Crippen LogP contribution is 2.23. The molecule has 1 aromatic carbocycles. The highest BCUT2D eigenvalue weighted by Gasteiger charge is 2.21. The average Bonchev–Trinajstić information content (AvgIpc) is 3.11. The summed E-state index contributed by atoms with van der Waals surface area (Å²) < 4.78 is 13.0. The van der Waals surface area contributed by atoms with Crippen LogP contribution in [0.5, 0.6) is 0 Å². The van der Waals surface area contributed by atoms with E-state index < -0.39 is 0 Å². The molecule has 0 bridgehead atoms. The summed E-state index contributed by atoms with van der Waals surface area (Å²) in [5.74, 6) is 0.453. The van der Waals surface area contributed by atoms with Crippen molar-refractivity contribution in [3.63, 3.8) is 0 Å². The van der Waals surface area contributed by atoms with Gasteiger partial charge in [0.05, 0.1) is 6.54 Å². The van der Waals surface area contributed by atoms with Crippen LogP contribution in [0.25, 0.3) is 0 Å². The number of carbonyl (C=O) groups excluding carboxylic acids is 1. The molecule has 0 saturated carbocycles. The topological polar surface area (TPSA) is 47.9 Å². The summed E-state index contributed by atoms with van der Waals surface area (Å²) in [5.41, 5.74) is 2.23. The number of nitrogens with zero attached hydrogens (tertiary/aromatic N) is 3. The SMILES string of the molecule is CN=C(NCC(=O)N1CCc2sccc2C1)N(C)Cc1ccc(F)cc1.I. The van der Waals surface area contributed by atoms with Gasteiger partial charge in [-0.05, 0) is 41.1 Å². The first-order valence-corrected chi connectivity index (χ1v) is 9.44. The van der Waals surface area contributed by atoms with E-state index in [0.29, 0.717) is 19.0 Å². The second kappa shape index (κ2) is 10.0. The van der Waals surface area contributed by atoms with Crippen LogP contribution in [0.15, 0.2) is 40.7 Å². The van der Waals surface area contributed by atoms with Crippen LogP contribution in [0, 0.1) is 5.82 Å². The molecule has 1 aromatic heterocycles. The Kier molecular flexibility index (Phi) is 8.03. The van der Waals surface area contributed by atoms with Gasteiger partial charge in [0.15, 0.2) is 5.96 Å². The van der Waals surface area contributed by atoms with E-state index in [9.17, 15) is 9.18 Å². The third kappa shape index (κ3) is 5.65. The number of rotatable bonds is 4. The van der Waals surface area contributed by atoms with Gasteiger partial charge in [-0.25, -0.2) is 4.39 Å². The number of nitrogens with one attached hydrogen (secondary N) is 1. The van der Waals surface area contributed by atoms with Crippen LogP contribution < -0.4 is 5.32 Å². The first kappa shape index (κ1) is 21.6. The molecule has 2 heterocycles. The van der Waals surface area contributed by atoms with Gasteiger partial charge in [0.2, 0.25) is 5.91 Å². The van der Waals surface area contributed by atoms with Crippen LogP contribution in [0.1, 0.15) is 16.0 Å². The van der Waals surface area contributed by atoms with Gasteiger partial charge in [0, 0.05) is 38.6 Å². The van der Waals surface area contributed by atoms with Gasteiger partial charge in [0.25, 0.3) is 0 Å².